The zero-order chi connectivity index (χ0) is 22.9. The third-order valence-electron chi connectivity index (χ3n) is 6.10. The molecule has 0 bridgehead atoms. The van der Waals surface area contributed by atoms with Crippen LogP contribution < -0.4 is 19.7 Å². The van der Waals surface area contributed by atoms with Crippen LogP contribution in [-0.2, 0) is 6.54 Å². The topological polar surface area (TPSA) is 89.6 Å². The van der Waals surface area contributed by atoms with Gasteiger partial charge in [-0.2, -0.15) is 0 Å². The summed E-state index contributed by atoms with van der Waals surface area (Å²) >= 11 is 0. The molecule has 2 N–H and O–H groups in total. The molecule has 1 aliphatic heterocycles. The molecule has 0 amide bonds. The number of hydrogen-bond acceptors (Lipinski definition) is 6. The summed E-state index contributed by atoms with van der Waals surface area (Å²) in [5.74, 6) is 2.11. The zero-order valence-electron chi connectivity index (χ0n) is 18.5. The molecule has 7 heteroatoms. The second-order valence-electron chi connectivity index (χ2n) is 7.93. The van der Waals surface area contributed by atoms with Crippen LogP contribution >= 0.6 is 0 Å². The van der Waals surface area contributed by atoms with E-state index < -0.39 is 0 Å². The van der Waals surface area contributed by atoms with Gasteiger partial charge < -0.3 is 23.9 Å². The highest BCUT2D eigenvalue weighted by Crippen LogP contribution is 2.48. The van der Waals surface area contributed by atoms with Crippen molar-refractivity contribution in [3.63, 3.8) is 0 Å². The van der Waals surface area contributed by atoms with Crippen LogP contribution in [-0.4, -0.2) is 35.5 Å². The molecule has 1 aromatic heterocycles. The number of nitrogens with zero attached hydrogens (tertiary/aromatic N) is 2. The highest BCUT2D eigenvalue weighted by molar-refractivity contribution is 5.90. The van der Waals surface area contributed by atoms with Gasteiger partial charge in [-0.15, -0.1) is 0 Å². The summed E-state index contributed by atoms with van der Waals surface area (Å²) in [4.78, 5) is 4.55. The summed E-state index contributed by atoms with van der Waals surface area (Å²) in [7, 11) is 3.23. The molecule has 1 aliphatic rings. The number of ether oxygens (including phenoxy) is 3. The van der Waals surface area contributed by atoms with Gasteiger partial charge in [-0.25, -0.2) is 4.98 Å². The molecule has 168 valence electrons. The number of aliphatic hydroxyl groups is 1. The Hall–Kier alpha value is -3.84. The first-order valence-electron chi connectivity index (χ1n) is 10.8. The minimum Gasteiger partial charge on any atom is -0.493 e. The van der Waals surface area contributed by atoms with Gasteiger partial charge in [0.15, 0.2) is 11.5 Å². The normalized spacial score (nSPS) is 14.3. The van der Waals surface area contributed by atoms with Crippen LogP contribution in [0.2, 0.25) is 0 Å². The largest absolute Gasteiger partial charge is 0.493 e. The van der Waals surface area contributed by atoms with E-state index in [0.29, 0.717) is 41.4 Å². The number of benzene rings is 3. The lowest BCUT2D eigenvalue weighted by molar-refractivity contribution is 0.278. The van der Waals surface area contributed by atoms with Crippen LogP contribution in [0.5, 0.6) is 23.1 Å². The van der Waals surface area contributed by atoms with Gasteiger partial charge in [-0.1, -0.05) is 36.4 Å². The monoisotopic (exact) mass is 443 g/mol. The summed E-state index contributed by atoms with van der Waals surface area (Å²) in [6, 6.07) is 18.0. The maximum Gasteiger partial charge on any atom is 0.228 e. The van der Waals surface area contributed by atoms with E-state index in [1.54, 1.807) is 25.1 Å². The zero-order valence-corrected chi connectivity index (χ0v) is 18.5. The standard InChI is InChI=1S/C26H25N3O4/c1-31-19-10-9-17(14-21(19)32-2)22-23-18-7-4-3-6-16(18)8-11-20(23)33-26-24(22)25(27)29(15-28-26)12-5-13-30/h3-4,6-11,14-15,22,27,30H,5,12-13H2,1-2H3/t22-/m0/s1. The van der Waals surface area contributed by atoms with Gasteiger partial charge in [0.25, 0.3) is 0 Å². The first kappa shape index (κ1) is 21.0. The molecular formula is C26H25N3O4. The van der Waals surface area contributed by atoms with Gasteiger partial charge in [0.2, 0.25) is 5.88 Å². The lowest BCUT2D eigenvalue weighted by Gasteiger charge is -2.30. The van der Waals surface area contributed by atoms with Crippen LogP contribution in [0, 0.1) is 5.41 Å². The first-order valence-corrected chi connectivity index (χ1v) is 10.8. The maximum atomic E-state index is 9.30. The fourth-order valence-corrected chi connectivity index (χ4v) is 4.53. The molecule has 1 atom stereocenters. The summed E-state index contributed by atoms with van der Waals surface area (Å²) in [5, 5.41) is 20.5. The van der Waals surface area contributed by atoms with E-state index in [9.17, 15) is 5.11 Å². The van der Waals surface area contributed by atoms with E-state index in [4.69, 9.17) is 19.6 Å². The number of methoxy groups -OCH3 is 2. The van der Waals surface area contributed by atoms with Crippen LogP contribution in [0.1, 0.15) is 29.0 Å². The van der Waals surface area contributed by atoms with Crippen LogP contribution in [0.25, 0.3) is 10.8 Å². The quantitative estimate of drug-likeness (QED) is 0.411. The van der Waals surface area contributed by atoms with Crippen molar-refractivity contribution in [2.75, 3.05) is 20.8 Å². The Bertz CT molecular complexity index is 1400. The Morgan fingerprint density at radius 1 is 1.03 bits per heavy atom. The van der Waals surface area contributed by atoms with Crippen LogP contribution in [0.4, 0.5) is 0 Å². The van der Waals surface area contributed by atoms with Gasteiger partial charge >= 0.3 is 0 Å². The summed E-state index contributed by atoms with van der Waals surface area (Å²) in [5.41, 5.74) is 2.94. The van der Waals surface area contributed by atoms with Gasteiger partial charge in [0.05, 0.1) is 19.8 Å². The fraction of sp³-hybridized carbons (Fsp3) is 0.231. The smallest absolute Gasteiger partial charge is 0.228 e. The molecule has 0 aliphatic carbocycles. The molecule has 0 saturated carbocycles. The van der Waals surface area contributed by atoms with E-state index in [1.165, 1.54) is 0 Å². The van der Waals surface area contributed by atoms with E-state index in [1.807, 2.05) is 42.5 Å². The van der Waals surface area contributed by atoms with Crippen molar-refractivity contribution in [1.82, 2.24) is 9.55 Å². The van der Waals surface area contributed by atoms with Gasteiger partial charge in [-0.05, 0) is 41.0 Å². The Kier molecular flexibility index (Phi) is 5.48. The van der Waals surface area contributed by atoms with E-state index in [2.05, 4.69) is 17.1 Å². The molecule has 4 aromatic rings. The third kappa shape index (κ3) is 3.50. The SMILES string of the molecule is COc1ccc([C@@H]2c3c(ncn(CCCO)c3=N)Oc3ccc4ccccc4c32)cc1OC. The molecule has 0 saturated heterocycles. The number of aromatic nitrogens is 2. The minimum absolute atomic E-state index is 0.0482. The average Bonchev–Trinajstić information content (AvgIpc) is 2.86. The van der Waals surface area contributed by atoms with Crippen molar-refractivity contribution >= 4 is 10.8 Å². The molecule has 0 fully saturated rings. The highest BCUT2D eigenvalue weighted by Gasteiger charge is 2.34. The molecule has 0 unspecified atom stereocenters. The van der Waals surface area contributed by atoms with Crippen LogP contribution in [0.3, 0.4) is 0 Å². The number of fused-ring (bicyclic) bond motifs is 4. The molecule has 2 heterocycles. The lowest BCUT2D eigenvalue weighted by Crippen LogP contribution is -2.30. The summed E-state index contributed by atoms with van der Waals surface area (Å²) < 4.78 is 19.0. The van der Waals surface area contributed by atoms with E-state index in [0.717, 1.165) is 27.6 Å². The second kappa shape index (κ2) is 8.60. The predicted octanol–water partition coefficient (Wildman–Crippen LogP) is 4.20. The van der Waals surface area contributed by atoms with Crippen molar-refractivity contribution in [3.8, 4) is 23.1 Å². The summed E-state index contributed by atoms with van der Waals surface area (Å²) in [6.45, 7) is 0.545. The number of hydrogen-bond donors (Lipinski definition) is 2. The lowest BCUT2D eigenvalue weighted by atomic mass is 9.81. The molecule has 7 nitrogen and oxygen atoms in total. The van der Waals surface area contributed by atoms with E-state index in [-0.39, 0.29) is 12.5 Å². The number of rotatable bonds is 6. The van der Waals surface area contributed by atoms with Crippen molar-refractivity contribution in [1.29, 1.82) is 5.41 Å². The highest BCUT2D eigenvalue weighted by atomic mass is 16.5. The Morgan fingerprint density at radius 3 is 2.64 bits per heavy atom. The maximum absolute atomic E-state index is 9.30. The summed E-state index contributed by atoms with van der Waals surface area (Å²) in [6.07, 6.45) is 2.15. The van der Waals surface area contributed by atoms with E-state index >= 15 is 0 Å². The van der Waals surface area contributed by atoms with Gasteiger partial charge in [-0.3, -0.25) is 5.41 Å². The van der Waals surface area contributed by atoms with Gasteiger partial charge in [0, 0.05) is 24.6 Å². The number of nitrogens with one attached hydrogen (secondary N) is 1. The number of aryl methyl sites for hydroxylation is 1. The van der Waals surface area contributed by atoms with Gasteiger partial charge in [0.1, 0.15) is 17.6 Å². The molecular weight excluding hydrogens is 418 g/mol. The van der Waals surface area contributed by atoms with Crippen LogP contribution in [0.15, 0.2) is 60.9 Å². The minimum atomic E-state index is -0.295. The Labute approximate surface area is 191 Å². The molecule has 0 radical (unpaired) electrons. The third-order valence-corrected chi connectivity index (χ3v) is 6.10. The second-order valence-corrected chi connectivity index (χ2v) is 7.93. The molecule has 0 spiro atoms. The van der Waals surface area contributed by atoms with Crippen molar-refractivity contribution in [2.45, 2.75) is 18.9 Å². The molecule has 3 aromatic carbocycles. The first-order chi connectivity index (χ1) is 16.2. The van der Waals surface area contributed by atoms with Crippen molar-refractivity contribution in [2.24, 2.45) is 0 Å². The average molecular weight is 444 g/mol. The van der Waals surface area contributed by atoms with Crippen molar-refractivity contribution < 1.29 is 19.3 Å². The number of aliphatic hydroxyl groups excluding tert-OH is 1. The Morgan fingerprint density at radius 2 is 1.85 bits per heavy atom. The Balaban J connectivity index is 1.81. The molecule has 33 heavy (non-hydrogen) atoms. The molecule has 5 rings (SSSR count). The predicted molar refractivity (Wildman–Crippen MR) is 124 cm³/mol. The van der Waals surface area contributed by atoms with Crippen molar-refractivity contribution in [3.05, 3.63) is 83.1 Å². The fourth-order valence-electron chi connectivity index (χ4n) is 4.53.